The van der Waals surface area contributed by atoms with Gasteiger partial charge in [0.15, 0.2) is 0 Å². The summed E-state index contributed by atoms with van der Waals surface area (Å²) < 4.78 is 25.4. The molecule has 2 N–H and O–H groups in total. The molecule has 128 valence electrons. The maximum absolute atomic E-state index is 12.7. The molecule has 0 aliphatic heterocycles. The van der Waals surface area contributed by atoms with E-state index in [9.17, 15) is 13.2 Å². The normalized spacial score (nSPS) is 11.1. The summed E-state index contributed by atoms with van der Waals surface area (Å²) in [5, 5.41) is 5.79. The van der Waals surface area contributed by atoms with Crippen LogP contribution in [-0.4, -0.2) is 27.4 Å². The number of carbonyl (C=O) groups is 1. The Hall–Kier alpha value is -2.05. The summed E-state index contributed by atoms with van der Waals surface area (Å²) in [4.78, 5) is 11.8. The second kappa shape index (κ2) is 7.68. The van der Waals surface area contributed by atoms with Crippen LogP contribution < -0.4 is 10.6 Å². The Balaban J connectivity index is 2.32. The number of halogens is 1. The quantitative estimate of drug-likeness (QED) is 0.824. The first-order valence-electron chi connectivity index (χ1n) is 7.47. The predicted molar refractivity (Wildman–Crippen MR) is 95.3 cm³/mol. The Labute approximate surface area is 147 Å². The van der Waals surface area contributed by atoms with Crippen molar-refractivity contribution >= 4 is 33.0 Å². The van der Waals surface area contributed by atoms with Crippen LogP contribution in [0.25, 0.3) is 0 Å². The van der Waals surface area contributed by atoms with Gasteiger partial charge in [-0.2, -0.15) is 0 Å². The number of carbonyl (C=O) groups excluding carboxylic acids is 1. The molecule has 0 saturated carbocycles. The SMILES string of the molecule is CCNC(=O)CNc1ccc(S(=O)(=O)c2ccccc2)c(Cl)c1C. The van der Waals surface area contributed by atoms with Crippen molar-refractivity contribution in [1.29, 1.82) is 0 Å². The van der Waals surface area contributed by atoms with E-state index in [-0.39, 0.29) is 27.3 Å². The van der Waals surface area contributed by atoms with Crippen LogP contribution in [0.5, 0.6) is 0 Å². The average molecular weight is 367 g/mol. The highest BCUT2D eigenvalue weighted by molar-refractivity contribution is 7.91. The van der Waals surface area contributed by atoms with Crippen LogP contribution in [0.1, 0.15) is 12.5 Å². The number of anilines is 1. The number of benzene rings is 2. The predicted octanol–water partition coefficient (Wildman–Crippen LogP) is 3.03. The van der Waals surface area contributed by atoms with Crippen molar-refractivity contribution in [2.24, 2.45) is 0 Å². The number of rotatable bonds is 6. The third kappa shape index (κ3) is 3.88. The Morgan fingerprint density at radius 3 is 2.42 bits per heavy atom. The van der Waals surface area contributed by atoms with Crippen LogP contribution in [0, 0.1) is 6.92 Å². The molecular formula is C17H19ClN2O3S. The van der Waals surface area contributed by atoms with Crippen molar-refractivity contribution in [2.45, 2.75) is 23.6 Å². The summed E-state index contributed by atoms with van der Waals surface area (Å²) in [7, 11) is -3.69. The minimum Gasteiger partial charge on any atom is -0.376 e. The summed E-state index contributed by atoms with van der Waals surface area (Å²) in [6.07, 6.45) is 0. The molecule has 0 bridgehead atoms. The third-order valence-corrected chi connectivity index (χ3v) is 5.92. The summed E-state index contributed by atoms with van der Waals surface area (Å²) in [5.41, 5.74) is 1.20. The molecule has 0 aromatic heterocycles. The molecule has 0 saturated heterocycles. The summed E-state index contributed by atoms with van der Waals surface area (Å²) in [6.45, 7) is 4.19. The zero-order valence-corrected chi connectivity index (χ0v) is 15.0. The molecule has 0 radical (unpaired) electrons. The zero-order chi connectivity index (χ0) is 17.7. The Morgan fingerprint density at radius 2 is 1.79 bits per heavy atom. The summed E-state index contributed by atoms with van der Waals surface area (Å²) in [5.74, 6) is -0.144. The van der Waals surface area contributed by atoms with E-state index in [0.29, 0.717) is 17.8 Å². The minimum atomic E-state index is -3.69. The van der Waals surface area contributed by atoms with Gasteiger partial charge in [-0.1, -0.05) is 29.8 Å². The van der Waals surface area contributed by atoms with Gasteiger partial charge in [-0.05, 0) is 43.7 Å². The highest BCUT2D eigenvalue weighted by Gasteiger charge is 2.22. The van der Waals surface area contributed by atoms with Gasteiger partial charge in [0.25, 0.3) is 0 Å². The van der Waals surface area contributed by atoms with Crippen molar-refractivity contribution in [3.63, 3.8) is 0 Å². The second-order valence-electron chi connectivity index (χ2n) is 5.17. The van der Waals surface area contributed by atoms with Gasteiger partial charge < -0.3 is 10.6 Å². The molecule has 2 rings (SSSR count). The van der Waals surface area contributed by atoms with Crippen molar-refractivity contribution in [2.75, 3.05) is 18.4 Å². The van der Waals surface area contributed by atoms with Crippen LogP contribution in [0.15, 0.2) is 52.3 Å². The van der Waals surface area contributed by atoms with E-state index >= 15 is 0 Å². The van der Waals surface area contributed by atoms with E-state index in [1.165, 1.54) is 18.2 Å². The molecule has 0 fully saturated rings. The Kier molecular flexibility index (Phi) is 5.85. The molecule has 0 unspecified atom stereocenters. The van der Waals surface area contributed by atoms with Gasteiger partial charge in [0.1, 0.15) is 0 Å². The highest BCUT2D eigenvalue weighted by atomic mass is 35.5. The minimum absolute atomic E-state index is 0.0522. The van der Waals surface area contributed by atoms with Crippen LogP contribution in [0.4, 0.5) is 5.69 Å². The van der Waals surface area contributed by atoms with Gasteiger partial charge in [0.05, 0.1) is 21.4 Å². The molecule has 1 amide bonds. The molecule has 7 heteroatoms. The molecule has 0 heterocycles. The molecule has 0 aliphatic carbocycles. The van der Waals surface area contributed by atoms with Crippen LogP contribution in [0.2, 0.25) is 5.02 Å². The van der Waals surface area contributed by atoms with E-state index in [1.54, 1.807) is 31.2 Å². The van der Waals surface area contributed by atoms with Gasteiger partial charge in [-0.25, -0.2) is 8.42 Å². The monoisotopic (exact) mass is 366 g/mol. The number of hydrogen-bond acceptors (Lipinski definition) is 4. The van der Waals surface area contributed by atoms with E-state index in [4.69, 9.17) is 11.6 Å². The first-order valence-corrected chi connectivity index (χ1v) is 9.33. The highest BCUT2D eigenvalue weighted by Crippen LogP contribution is 2.33. The van der Waals surface area contributed by atoms with Crippen LogP contribution >= 0.6 is 11.6 Å². The molecule has 24 heavy (non-hydrogen) atoms. The van der Waals surface area contributed by atoms with E-state index in [0.717, 1.165) is 0 Å². The standard InChI is InChI=1S/C17H19ClN2O3S/c1-3-19-16(21)11-20-14-9-10-15(17(18)12(14)2)24(22,23)13-7-5-4-6-8-13/h4-10,20H,3,11H2,1-2H3,(H,19,21). The lowest BCUT2D eigenvalue weighted by Crippen LogP contribution is -2.29. The number of sulfone groups is 1. The van der Waals surface area contributed by atoms with Crippen molar-refractivity contribution in [1.82, 2.24) is 5.32 Å². The molecule has 5 nitrogen and oxygen atoms in total. The fraction of sp³-hybridized carbons (Fsp3) is 0.235. The molecule has 2 aromatic rings. The number of amides is 1. The zero-order valence-electron chi connectivity index (χ0n) is 13.5. The van der Waals surface area contributed by atoms with Crippen LogP contribution in [-0.2, 0) is 14.6 Å². The maximum atomic E-state index is 12.7. The molecular weight excluding hydrogens is 348 g/mol. The van der Waals surface area contributed by atoms with Gasteiger partial charge >= 0.3 is 0 Å². The topological polar surface area (TPSA) is 75.3 Å². The Bertz CT molecular complexity index is 836. The molecule has 0 atom stereocenters. The fourth-order valence-corrected chi connectivity index (χ4v) is 4.10. The van der Waals surface area contributed by atoms with Gasteiger partial charge in [-0.15, -0.1) is 0 Å². The van der Waals surface area contributed by atoms with E-state index in [2.05, 4.69) is 10.6 Å². The lowest BCUT2D eigenvalue weighted by atomic mass is 10.2. The van der Waals surface area contributed by atoms with Gasteiger partial charge in [0, 0.05) is 12.2 Å². The largest absolute Gasteiger partial charge is 0.376 e. The van der Waals surface area contributed by atoms with Crippen molar-refractivity contribution in [3.05, 3.63) is 53.1 Å². The lowest BCUT2D eigenvalue weighted by molar-refractivity contribution is -0.119. The summed E-state index contributed by atoms with van der Waals surface area (Å²) in [6, 6.07) is 11.2. The Morgan fingerprint density at radius 1 is 1.12 bits per heavy atom. The fourth-order valence-electron chi connectivity index (χ4n) is 2.22. The van der Waals surface area contributed by atoms with E-state index < -0.39 is 9.84 Å². The second-order valence-corrected chi connectivity index (χ2v) is 7.47. The van der Waals surface area contributed by atoms with E-state index in [1.807, 2.05) is 6.92 Å². The van der Waals surface area contributed by atoms with Crippen LogP contribution in [0.3, 0.4) is 0 Å². The first-order chi connectivity index (χ1) is 11.4. The van der Waals surface area contributed by atoms with Gasteiger partial charge in [-0.3, -0.25) is 4.79 Å². The van der Waals surface area contributed by atoms with Gasteiger partial charge in [0.2, 0.25) is 15.7 Å². The van der Waals surface area contributed by atoms with Crippen molar-refractivity contribution < 1.29 is 13.2 Å². The number of nitrogens with one attached hydrogen (secondary N) is 2. The third-order valence-electron chi connectivity index (χ3n) is 3.51. The average Bonchev–Trinajstić information content (AvgIpc) is 2.57. The van der Waals surface area contributed by atoms with Crippen molar-refractivity contribution in [3.8, 4) is 0 Å². The number of hydrogen-bond donors (Lipinski definition) is 2. The molecule has 0 spiro atoms. The number of likely N-dealkylation sites (N-methyl/N-ethyl adjacent to an activating group) is 1. The lowest BCUT2D eigenvalue weighted by Gasteiger charge is -2.14. The first kappa shape index (κ1) is 18.3. The summed E-state index contributed by atoms with van der Waals surface area (Å²) >= 11 is 6.29. The maximum Gasteiger partial charge on any atom is 0.239 e. The smallest absolute Gasteiger partial charge is 0.239 e. The molecule has 0 aliphatic rings. The molecule has 2 aromatic carbocycles.